The van der Waals surface area contributed by atoms with Crippen LogP contribution in [0.2, 0.25) is 0 Å². The Morgan fingerprint density at radius 1 is 1.04 bits per heavy atom. The molecule has 5 nitrogen and oxygen atoms in total. The Kier molecular flexibility index (Phi) is 7.95. The number of aryl methyl sites for hydroxylation is 1. The summed E-state index contributed by atoms with van der Waals surface area (Å²) in [5.74, 6) is -0.789. The van der Waals surface area contributed by atoms with Gasteiger partial charge in [0.25, 0.3) is 0 Å². The largest absolute Gasteiger partial charge is 0.338 e. The summed E-state index contributed by atoms with van der Waals surface area (Å²) < 4.78 is 13.7. The Bertz CT molecular complexity index is 762. The van der Waals surface area contributed by atoms with Crippen LogP contribution in [0.5, 0.6) is 0 Å². The van der Waals surface area contributed by atoms with Gasteiger partial charge in [0.1, 0.15) is 5.82 Å². The molecule has 6 heteroatoms. The molecule has 1 atom stereocenters. The molecule has 0 radical (unpaired) electrons. The quantitative estimate of drug-likeness (QED) is 0.667. The second-order valence-corrected chi connectivity index (χ2v) is 6.27. The van der Waals surface area contributed by atoms with Crippen molar-refractivity contribution in [3.05, 3.63) is 71.0 Å². The number of amides is 3. The summed E-state index contributed by atoms with van der Waals surface area (Å²) in [6.45, 7) is 4.43. The molecule has 0 unspecified atom stereocenters. The summed E-state index contributed by atoms with van der Waals surface area (Å²) >= 11 is 0. The van der Waals surface area contributed by atoms with Crippen molar-refractivity contribution in [1.82, 2.24) is 16.0 Å². The van der Waals surface area contributed by atoms with E-state index in [1.54, 1.807) is 12.1 Å². The summed E-state index contributed by atoms with van der Waals surface area (Å²) in [4.78, 5) is 23.6. The molecular formula is C21H26FN3O2. The highest BCUT2D eigenvalue weighted by Crippen LogP contribution is 2.23. The third-order valence-corrected chi connectivity index (χ3v) is 4.16. The fourth-order valence-corrected chi connectivity index (χ4v) is 2.71. The van der Waals surface area contributed by atoms with Crippen molar-refractivity contribution < 1.29 is 14.0 Å². The number of carbonyl (C=O) groups is 2. The van der Waals surface area contributed by atoms with E-state index < -0.39 is 11.9 Å². The molecule has 2 rings (SSSR count). The molecule has 3 amide bonds. The van der Waals surface area contributed by atoms with Gasteiger partial charge in [-0.3, -0.25) is 15.4 Å². The van der Waals surface area contributed by atoms with Crippen LogP contribution in [-0.4, -0.2) is 25.0 Å². The number of carbonyl (C=O) groups excluding carboxylic acids is 2. The lowest BCUT2D eigenvalue weighted by molar-refractivity contribution is -0.119. The zero-order valence-electron chi connectivity index (χ0n) is 15.7. The molecule has 0 fully saturated rings. The third kappa shape index (κ3) is 6.49. The lowest BCUT2D eigenvalue weighted by Crippen LogP contribution is -2.44. The first-order valence-corrected chi connectivity index (χ1v) is 9.18. The van der Waals surface area contributed by atoms with Crippen LogP contribution in [-0.2, 0) is 11.2 Å². The molecule has 0 spiro atoms. The second kappa shape index (κ2) is 10.4. The minimum absolute atomic E-state index is 0.0732. The normalized spacial score (nSPS) is 11.7. The smallest absolute Gasteiger partial charge is 0.321 e. The molecule has 2 aromatic carbocycles. The van der Waals surface area contributed by atoms with Crippen LogP contribution in [0.3, 0.4) is 0 Å². The predicted octanol–water partition coefficient (Wildman–Crippen LogP) is 3.30. The number of benzene rings is 2. The van der Waals surface area contributed by atoms with Gasteiger partial charge >= 0.3 is 6.03 Å². The monoisotopic (exact) mass is 371 g/mol. The number of hydrogen-bond acceptors (Lipinski definition) is 3. The molecular weight excluding hydrogens is 345 g/mol. The van der Waals surface area contributed by atoms with Crippen molar-refractivity contribution in [3.63, 3.8) is 0 Å². The maximum Gasteiger partial charge on any atom is 0.321 e. The van der Waals surface area contributed by atoms with Gasteiger partial charge in [-0.2, -0.15) is 0 Å². The Labute approximate surface area is 159 Å². The van der Waals surface area contributed by atoms with Crippen molar-refractivity contribution in [3.8, 4) is 0 Å². The van der Waals surface area contributed by atoms with E-state index in [1.807, 2.05) is 31.2 Å². The lowest BCUT2D eigenvalue weighted by atomic mass is 9.97. The highest BCUT2D eigenvalue weighted by Gasteiger charge is 2.16. The number of nitrogens with one attached hydrogen (secondary N) is 3. The van der Waals surface area contributed by atoms with Gasteiger partial charge < -0.3 is 5.32 Å². The van der Waals surface area contributed by atoms with Crippen LogP contribution >= 0.6 is 0 Å². The van der Waals surface area contributed by atoms with Crippen molar-refractivity contribution in [2.24, 2.45) is 0 Å². The molecule has 0 aliphatic carbocycles. The van der Waals surface area contributed by atoms with Crippen LogP contribution in [0.4, 0.5) is 9.18 Å². The minimum Gasteiger partial charge on any atom is -0.338 e. The van der Waals surface area contributed by atoms with Crippen LogP contribution in [0.25, 0.3) is 0 Å². The van der Waals surface area contributed by atoms with Crippen LogP contribution in [0.15, 0.2) is 48.5 Å². The zero-order chi connectivity index (χ0) is 19.6. The van der Waals surface area contributed by atoms with E-state index in [2.05, 4.69) is 22.9 Å². The van der Waals surface area contributed by atoms with Crippen LogP contribution in [0, 0.1) is 5.82 Å². The third-order valence-electron chi connectivity index (χ3n) is 4.16. The molecule has 0 aliphatic rings. The SMILES string of the molecule is CCCNC(=O)NC(=O)CN[C@@H](c1ccc(CC)cc1)c1cccc(F)c1. The van der Waals surface area contributed by atoms with Gasteiger partial charge in [0.15, 0.2) is 0 Å². The molecule has 144 valence electrons. The zero-order valence-corrected chi connectivity index (χ0v) is 15.7. The Hall–Kier alpha value is -2.73. The van der Waals surface area contributed by atoms with Gasteiger partial charge in [-0.1, -0.05) is 50.2 Å². The highest BCUT2D eigenvalue weighted by atomic mass is 19.1. The summed E-state index contributed by atoms with van der Waals surface area (Å²) in [6, 6.07) is 13.3. The topological polar surface area (TPSA) is 70.2 Å². The summed E-state index contributed by atoms with van der Waals surface area (Å²) in [6.07, 6.45) is 1.71. The van der Waals surface area contributed by atoms with Gasteiger partial charge in [-0.05, 0) is 41.7 Å². The number of urea groups is 1. The number of rotatable bonds is 8. The second-order valence-electron chi connectivity index (χ2n) is 6.27. The first-order chi connectivity index (χ1) is 13.0. The van der Waals surface area contributed by atoms with E-state index in [0.29, 0.717) is 12.1 Å². The Morgan fingerprint density at radius 2 is 1.78 bits per heavy atom. The molecule has 0 aromatic heterocycles. The van der Waals surface area contributed by atoms with Crippen molar-refractivity contribution in [2.75, 3.05) is 13.1 Å². The Balaban J connectivity index is 2.10. The first kappa shape index (κ1) is 20.6. The van der Waals surface area contributed by atoms with E-state index in [-0.39, 0.29) is 18.4 Å². The molecule has 0 saturated heterocycles. The van der Waals surface area contributed by atoms with Gasteiger partial charge in [0.2, 0.25) is 5.91 Å². The first-order valence-electron chi connectivity index (χ1n) is 9.18. The fraction of sp³-hybridized carbons (Fsp3) is 0.333. The van der Waals surface area contributed by atoms with E-state index in [0.717, 1.165) is 18.4 Å². The summed E-state index contributed by atoms with van der Waals surface area (Å²) in [5, 5.41) is 7.98. The Morgan fingerprint density at radius 3 is 2.41 bits per heavy atom. The number of hydrogen-bond donors (Lipinski definition) is 3. The minimum atomic E-state index is -0.516. The molecule has 0 saturated carbocycles. The standard InChI is InChI=1S/C21H26FN3O2/c1-3-12-23-21(27)25-19(26)14-24-20(17-6-5-7-18(22)13-17)16-10-8-15(4-2)9-11-16/h5-11,13,20,24H,3-4,12,14H2,1-2H3,(H2,23,25,26,27)/t20-/m0/s1. The van der Waals surface area contributed by atoms with Gasteiger partial charge in [-0.15, -0.1) is 0 Å². The van der Waals surface area contributed by atoms with E-state index in [1.165, 1.54) is 17.7 Å². The van der Waals surface area contributed by atoms with Gasteiger partial charge in [0.05, 0.1) is 12.6 Å². The number of imide groups is 1. The molecule has 2 aromatic rings. The van der Waals surface area contributed by atoms with Crippen molar-refractivity contribution in [2.45, 2.75) is 32.7 Å². The maximum atomic E-state index is 13.7. The summed E-state index contributed by atoms with van der Waals surface area (Å²) in [7, 11) is 0. The molecule has 0 aliphatic heterocycles. The average Bonchev–Trinajstić information content (AvgIpc) is 2.67. The average molecular weight is 371 g/mol. The summed E-state index contributed by atoms with van der Waals surface area (Å²) in [5.41, 5.74) is 2.82. The van der Waals surface area contributed by atoms with Gasteiger partial charge in [-0.25, -0.2) is 9.18 Å². The number of halogens is 1. The highest BCUT2D eigenvalue weighted by molar-refractivity contribution is 5.95. The van der Waals surface area contributed by atoms with E-state index in [9.17, 15) is 14.0 Å². The molecule has 27 heavy (non-hydrogen) atoms. The van der Waals surface area contributed by atoms with Crippen LogP contribution < -0.4 is 16.0 Å². The molecule has 0 heterocycles. The van der Waals surface area contributed by atoms with Crippen LogP contribution in [0.1, 0.15) is 43.0 Å². The molecule has 3 N–H and O–H groups in total. The fourth-order valence-electron chi connectivity index (χ4n) is 2.71. The molecule has 0 bridgehead atoms. The maximum absolute atomic E-state index is 13.7. The van der Waals surface area contributed by atoms with Crippen molar-refractivity contribution >= 4 is 11.9 Å². The lowest BCUT2D eigenvalue weighted by Gasteiger charge is -2.20. The predicted molar refractivity (Wildman–Crippen MR) is 104 cm³/mol. The van der Waals surface area contributed by atoms with E-state index in [4.69, 9.17) is 0 Å². The van der Waals surface area contributed by atoms with Gasteiger partial charge in [0, 0.05) is 6.54 Å². The van der Waals surface area contributed by atoms with Crippen molar-refractivity contribution in [1.29, 1.82) is 0 Å². The van der Waals surface area contributed by atoms with E-state index >= 15 is 0 Å².